The zero-order chi connectivity index (χ0) is 22.1. The second-order valence-electron chi connectivity index (χ2n) is 7.83. The fraction of sp³-hybridized carbons (Fsp3) is 0.192. The smallest absolute Gasteiger partial charge is 0.200 e. The van der Waals surface area contributed by atoms with Crippen LogP contribution in [0.4, 0.5) is 0 Å². The van der Waals surface area contributed by atoms with Crippen LogP contribution in [-0.4, -0.2) is 25.3 Å². The lowest BCUT2D eigenvalue weighted by molar-refractivity contribution is 0.0968. The largest absolute Gasteiger partial charge is 0.497 e. The summed E-state index contributed by atoms with van der Waals surface area (Å²) >= 11 is 3.43. The zero-order valence-electron chi connectivity index (χ0n) is 17.6. The van der Waals surface area contributed by atoms with Crippen molar-refractivity contribution in [3.63, 3.8) is 0 Å². The Morgan fingerprint density at radius 1 is 1.03 bits per heavy atom. The van der Waals surface area contributed by atoms with Crippen LogP contribution in [0.1, 0.15) is 11.1 Å². The van der Waals surface area contributed by atoms with Gasteiger partial charge in [0, 0.05) is 17.6 Å². The Bertz CT molecular complexity index is 1310. The van der Waals surface area contributed by atoms with Crippen LogP contribution in [0.2, 0.25) is 0 Å². The predicted molar refractivity (Wildman–Crippen MR) is 128 cm³/mol. The number of benzene rings is 3. The Labute approximate surface area is 194 Å². The van der Waals surface area contributed by atoms with Crippen LogP contribution < -0.4 is 14.9 Å². The molecule has 1 aliphatic rings. The summed E-state index contributed by atoms with van der Waals surface area (Å²) in [6, 6.07) is 19.4. The summed E-state index contributed by atoms with van der Waals surface area (Å²) in [6.07, 6.45) is 2.45. The minimum Gasteiger partial charge on any atom is -0.497 e. The van der Waals surface area contributed by atoms with E-state index in [9.17, 15) is 4.79 Å². The molecule has 162 valence electrons. The lowest BCUT2D eigenvalue weighted by Crippen LogP contribution is -2.33. The van der Waals surface area contributed by atoms with Crippen LogP contribution in [0.25, 0.3) is 22.1 Å². The highest BCUT2D eigenvalue weighted by Gasteiger charge is 2.22. The summed E-state index contributed by atoms with van der Waals surface area (Å²) in [6.45, 7) is 2.02. The first-order valence-corrected chi connectivity index (χ1v) is 11.2. The molecule has 1 aromatic heterocycles. The summed E-state index contributed by atoms with van der Waals surface area (Å²) in [5, 5.41) is 0.574. The number of rotatable bonds is 5. The van der Waals surface area contributed by atoms with E-state index < -0.39 is 0 Å². The van der Waals surface area contributed by atoms with Crippen LogP contribution in [0, 0.1) is 0 Å². The molecule has 5 nitrogen and oxygen atoms in total. The monoisotopic (exact) mass is 491 g/mol. The highest BCUT2D eigenvalue weighted by Crippen LogP contribution is 2.32. The summed E-state index contributed by atoms with van der Waals surface area (Å²) in [5.74, 6) is 1.63. The first-order valence-electron chi connectivity index (χ1n) is 10.4. The van der Waals surface area contributed by atoms with Crippen LogP contribution in [0.5, 0.6) is 11.5 Å². The molecular formula is C26H22BrNO4. The Morgan fingerprint density at radius 3 is 2.56 bits per heavy atom. The third-order valence-electron chi connectivity index (χ3n) is 5.82. The second kappa shape index (κ2) is 8.81. The molecule has 4 aromatic rings. The molecule has 3 aromatic carbocycles. The molecule has 0 radical (unpaired) electrons. The number of hydrogen-bond donors (Lipinski definition) is 0. The average molecular weight is 492 g/mol. The lowest BCUT2D eigenvalue weighted by Gasteiger charge is -2.29. The van der Waals surface area contributed by atoms with Gasteiger partial charge in [-0.05, 0) is 53.9 Å². The number of fused-ring (bicyclic) bond motifs is 3. The topological polar surface area (TPSA) is 51.9 Å². The van der Waals surface area contributed by atoms with Crippen molar-refractivity contribution in [2.75, 3.05) is 20.4 Å². The Kier molecular flexibility index (Phi) is 5.72. The molecule has 0 bridgehead atoms. The van der Waals surface area contributed by atoms with Gasteiger partial charge in [-0.25, -0.2) is 0 Å². The van der Waals surface area contributed by atoms with Gasteiger partial charge in [-0.3, -0.25) is 9.69 Å². The number of halogens is 1. The van der Waals surface area contributed by atoms with Crippen LogP contribution in [0.15, 0.2) is 80.6 Å². The SMILES string of the molecule is COc1ccc(CCN2COc3ccc4c(=O)c(-c5ccc(Br)cc5)coc4c3C2)cc1. The quantitative estimate of drug-likeness (QED) is 0.362. The molecular weight excluding hydrogens is 470 g/mol. The lowest BCUT2D eigenvalue weighted by atomic mass is 10.0. The molecule has 5 rings (SSSR count). The number of hydrogen-bond acceptors (Lipinski definition) is 5. The fourth-order valence-electron chi connectivity index (χ4n) is 4.01. The van der Waals surface area contributed by atoms with Gasteiger partial charge in [0.05, 0.1) is 23.6 Å². The molecule has 0 atom stereocenters. The predicted octanol–water partition coefficient (Wildman–Crippen LogP) is 5.63. The normalized spacial score (nSPS) is 13.6. The third kappa shape index (κ3) is 4.04. The van der Waals surface area contributed by atoms with Crippen molar-refractivity contribution in [1.29, 1.82) is 0 Å². The van der Waals surface area contributed by atoms with E-state index in [1.807, 2.05) is 42.5 Å². The van der Waals surface area contributed by atoms with Crippen LogP contribution >= 0.6 is 15.9 Å². The average Bonchev–Trinajstić information content (AvgIpc) is 2.84. The Morgan fingerprint density at radius 2 is 1.81 bits per heavy atom. The Hall–Kier alpha value is -3.09. The first-order chi connectivity index (χ1) is 15.6. The number of nitrogens with zero attached hydrogens (tertiary/aromatic N) is 1. The summed E-state index contributed by atoms with van der Waals surface area (Å²) in [5.41, 5.74) is 4.11. The minimum atomic E-state index is -0.0354. The molecule has 0 fully saturated rings. The first kappa shape index (κ1) is 20.8. The second-order valence-corrected chi connectivity index (χ2v) is 8.74. The van der Waals surface area contributed by atoms with Gasteiger partial charge >= 0.3 is 0 Å². The molecule has 1 aliphatic heterocycles. The van der Waals surface area contributed by atoms with E-state index in [2.05, 4.69) is 33.0 Å². The molecule has 6 heteroatoms. The maximum Gasteiger partial charge on any atom is 0.200 e. The third-order valence-corrected chi connectivity index (χ3v) is 6.35. The maximum atomic E-state index is 13.2. The molecule has 0 amide bonds. The standard InChI is InChI=1S/C26H22BrNO4/c1-30-20-8-2-17(3-9-20)12-13-28-14-22-24(32-16-28)11-10-21-25(29)23(15-31-26(21)22)18-4-6-19(27)7-5-18/h2-11,15H,12-14,16H2,1H3. The molecule has 2 heterocycles. The van der Waals surface area contributed by atoms with E-state index in [1.165, 1.54) is 5.56 Å². The summed E-state index contributed by atoms with van der Waals surface area (Å²) in [4.78, 5) is 15.4. The van der Waals surface area contributed by atoms with E-state index in [1.54, 1.807) is 19.4 Å². The van der Waals surface area contributed by atoms with E-state index >= 15 is 0 Å². The van der Waals surface area contributed by atoms with Crippen molar-refractivity contribution >= 4 is 26.9 Å². The van der Waals surface area contributed by atoms with Gasteiger partial charge < -0.3 is 13.9 Å². The van der Waals surface area contributed by atoms with Gasteiger partial charge in [0.25, 0.3) is 0 Å². The van der Waals surface area contributed by atoms with Crippen molar-refractivity contribution < 1.29 is 13.9 Å². The molecule has 0 aliphatic carbocycles. The molecule has 32 heavy (non-hydrogen) atoms. The minimum absolute atomic E-state index is 0.0354. The van der Waals surface area contributed by atoms with Gasteiger partial charge in [0.15, 0.2) is 0 Å². The Balaban J connectivity index is 1.40. The van der Waals surface area contributed by atoms with Crippen LogP contribution in [-0.2, 0) is 13.0 Å². The van der Waals surface area contributed by atoms with Gasteiger partial charge in [0.1, 0.15) is 30.1 Å². The summed E-state index contributed by atoms with van der Waals surface area (Å²) < 4.78 is 18.2. The van der Waals surface area contributed by atoms with Crippen molar-refractivity contribution in [3.8, 4) is 22.6 Å². The van der Waals surface area contributed by atoms with Crippen molar-refractivity contribution in [2.45, 2.75) is 13.0 Å². The van der Waals surface area contributed by atoms with Gasteiger partial charge in [-0.2, -0.15) is 0 Å². The molecule has 0 spiro atoms. The van der Waals surface area contributed by atoms with Crippen LogP contribution in [0.3, 0.4) is 0 Å². The van der Waals surface area contributed by atoms with E-state index in [4.69, 9.17) is 13.9 Å². The van der Waals surface area contributed by atoms with Crippen molar-refractivity contribution in [2.24, 2.45) is 0 Å². The van der Waals surface area contributed by atoms with E-state index in [0.717, 1.165) is 40.1 Å². The van der Waals surface area contributed by atoms with Gasteiger partial charge in [-0.15, -0.1) is 0 Å². The van der Waals surface area contributed by atoms with Gasteiger partial charge in [0.2, 0.25) is 5.43 Å². The molecule has 0 saturated carbocycles. The number of ether oxygens (including phenoxy) is 2. The van der Waals surface area contributed by atoms with Crippen molar-refractivity contribution in [3.05, 3.63) is 92.7 Å². The highest BCUT2D eigenvalue weighted by molar-refractivity contribution is 9.10. The molecule has 0 saturated heterocycles. The van der Waals surface area contributed by atoms with E-state index in [0.29, 0.717) is 29.8 Å². The maximum absolute atomic E-state index is 13.2. The molecule has 0 N–H and O–H groups in total. The highest BCUT2D eigenvalue weighted by atomic mass is 79.9. The fourth-order valence-corrected chi connectivity index (χ4v) is 4.27. The molecule has 0 unspecified atom stereocenters. The van der Waals surface area contributed by atoms with Gasteiger partial charge in [-0.1, -0.05) is 40.2 Å². The van der Waals surface area contributed by atoms with Crippen molar-refractivity contribution in [1.82, 2.24) is 4.90 Å². The zero-order valence-corrected chi connectivity index (χ0v) is 19.2. The summed E-state index contributed by atoms with van der Waals surface area (Å²) in [7, 11) is 1.67. The number of methoxy groups -OCH3 is 1. The van der Waals surface area contributed by atoms with E-state index in [-0.39, 0.29) is 5.43 Å².